The Bertz CT molecular complexity index is 646. The van der Waals surface area contributed by atoms with Crippen molar-refractivity contribution < 1.29 is 18.0 Å². The molecule has 3 aliphatic rings. The maximum atomic E-state index is 13.3. The number of rotatable bonds is 2. The molecule has 1 aliphatic carbocycles. The Morgan fingerprint density at radius 3 is 2.55 bits per heavy atom. The van der Waals surface area contributed by atoms with Crippen LogP contribution >= 0.6 is 0 Å². The van der Waals surface area contributed by atoms with Crippen molar-refractivity contribution in [1.82, 2.24) is 9.80 Å². The van der Waals surface area contributed by atoms with Crippen LogP contribution in [0.1, 0.15) is 33.5 Å². The Hall–Kier alpha value is -1.56. The molecule has 0 radical (unpaired) electrons. The van der Waals surface area contributed by atoms with E-state index in [1.165, 1.54) is 24.4 Å². The maximum absolute atomic E-state index is 13.3. The Morgan fingerprint density at radius 2 is 1.91 bits per heavy atom. The fraction of sp³-hybridized carbons (Fsp3) is 0.562. The molecular weight excluding hydrogens is 293 g/mol. The van der Waals surface area contributed by atoms with Crippen molar-refractivity contribution in [2.24, 2.45) is 11.8 Å². The molecule has 0 aromatic heterocycles. The molecular formula is C16H17F3N2O. The number of amides is 1. The third-order valence-corrected chi connectivity index (χ3v) is 5.05. The molecule has 1 aromatic carbocycles. The minimum atomic E-state index is -4.42. The molecule has 1 aromatic rings. The minimum absolute atomic E-state index is 0.0388. The van der Waals surface area contributed by atoms with E-state index in [0.29, 0.717) is 12.1 Å². The van der Waals surface area contributed by atoms with Gasteiger partial charge in [-0.2, -0.15) is 13.2 Å². The molecule has 22 heavy (non-hydrogen) atoms. The van der Waals surface area contributed by atoms with Gasteiger partial charge in [0.15, 0.2) is 0 Å². The number of hydrogen-bond acceptors (Lipinski definition) is 2. The van der Waals surface area contributed by atoms with Crippen LogP contribution in [-0.4, -0.2) is 35.8 Å². The topological polar surface area (TPSA) is 23.6 Å². The second-order valence-corrected chi connectivity index (χ2v) is 6.78. The fourth-order valence-electron chi connectivity index (χ4n) is 3.83. The molecule has 2 fully saturated rings. The Labute approximate surface area is 126 Å². The summed E-state index contributed by atoms with van der Waals surface area (Å²) in [5, 5.41) is 0. The lowest BCUT2D eigenvalue weighted by Gasteiger charge is -2.19. The van der Waals surface area contributed by atoms with Crippen molar-refractivity contribution >= 4 is 5.91 Å². The summed E-state index contributed by atoms with van der Waals surface area (Å²) in [7, 11) is 1.54. The molecule has 1 saturated carbocycles. The van der Waals surface area contributed by atoms with E-state index in [-0.39, 0.29) is 23.6 Å². The molecule has 0 N–H and O–H groups in total. The van der Waals surface area contributed by atoms with Gasteiger partial charge in [0.25, 0.3) is 5.91 Å². The first-order chi connectivity index (χ1) is 10.3. The van der Waals surface area contributed by atoms with E-state index < -0.39 is 11.7 Å². The molecule has 1 saturated heterocycles. The highest BCUT2D eigenvalue weighted by Crippen LogP contribution is 2.45. The van der Waals surface area contributed by atoms with Gasteiger partial charge in [-0.25, -0.2) is 0 Å². The van der Waals surface area contributed by atoms with Gasteiger partial charge < -0.3 is 4.90 Å². The molecule has 3 nitrogen and oxygen atoms in total. The van der Waals surface area contributed by atoms with Gasteiger partial charge in [0.05, 0.1) is 5.56 Å². The summed E-state index contributed by atoms with van der Waals surface area (Å²) in [5.74, 6) is 1.17. The van der Waals surface area contributed by atoms with Gasteiger partial charge in [-0.15, -0.1) is 0 Å². The SMILES string of the molecule is CN1Cc2c(cc(CN3CC4CC4C3)cc2C(F)(F)F)C1=O. The van der Waals surface area contributed by atoms with Gasteiger partial charge in [-0.05, 0) is 41.5 Å². The lowest BCUT2D eigenvalue weighted by Crippen LogP contribution is -2.23. The largest absolute Gasteiger partial charge is 0.416 e. The summed E-state index contributed by atoms with van der Waals surface area (Å²) < 4.78 is 39.9. The van der Waals surface area contributed by atoms with E-state index >= 15 is 0 Å². The number of fused-ring (bicyclic) bond motifs is 2. The molecule has 6 heteroatoms. The van der Waals surface area contributed by atoms with E-state index in [9.17, 15) is 18.0 Å². The average Bonchev–Trinajstić information content (AvgIpc) is 2.93. The second kappa shape index (κ2) is 4.47. The third-order valence-electron chi connectivity index (χ3n) is 5.05. The van der Waals surface area contributed by atoms with Crippen molar-refractivity contribution in [1.29, 1.82) is 0 Å². The smallest absolute Gasteiger partial charge is 0.337 e. The van der Waals surface area contributed by atoms with Gasteiger partial charge in [0.1, 0.15) is 0 Å². The molecule has 2 heterocycles. The van der Waals surface area contributed by atoms with E-state index in [2.05, 4.69) is 4.90 Å². The summed E-state index contributed by atoms with van der Waals surface area (Å²) in [6, 6.07) is 2.88. The predicted molar refractivity (Wildman–Crippen MR) is 74.1 cm³/mol. The van der Waals surface area contributed by atoms with Crippen LogP contribution in [0.2, 0.25) is 0 Å². The Balaban J connectivity index is 1.69. The maximum Gasteiger partial charge on any atom is 0.416 e. The molecule has 2 unspecified atom stereocenters. The standard InChI is InChI=1S/C16H17F3N2O/c1-20-8-13-12(15(20)22)2-9(3-14(13)16(17,18)19)5-21-6-10-4-11(10)7-21/h2-3,10-11H,4-8H2,1H3. The number of carbonyl (C=O) groups is 1. The summed E-state index contributed by atoms with van der Waals surface area (Å²) in [4.78, 5) is 15.6. The summed E-state index contributed by atoms with van der Waals surface area (Å²) in [5.41, 5.74) is 0.280. The van der Waals surface area contributed by atoms with E-state index in [0.717, 1.165) is 24.9 Å². The van der Waals surface area contributed by atoms with Gasteiger partial charge in [-0.1, -0.05) is 0 Å². The van der Waals surface area contributed by atoms with Gasteiger partial charge in [-0.3, -0.25) is 9.69 Å². The summed E-state index contributed by atoms with van der Waals surface area (Å²) >= 11 is 0. The first kappa shape index (κ1) is 14.1. The number of alkyl halides is 3. The first-order valence-corrected chi connectivity index (χ1v) is 7.53. The minimum Gasteiger partial charge on any atom is -0.337 e. The van der Waals surface area contributed by atoms with Crippen LogP contribution in [0.25, 0.3) is 0 Å². The van der Waals surface area contributed by atoms with Crippen LogP contribution in [0.15, 0.2) is 12.1 Å². The third kappa shape index (κ3) is 2.20. The van der Waals surface area contributed by atoms with Crippen LogP contribution in [0.3, 0.4) is 0 Å². The molecule has 2 atom stereocenters. The Morgan fingerprint density at radius 1 is 1.23 bits per heavy atom. The number of carbonyl (C=O) groups excluding carboxylic acids is 1. The highest BCUT2D eigenvalue weighted by Gasteiger charge is 2.45. The van der Waals surface area contributed by atoms with E-state index in [1.54, 1.807) is 6.07 Å². The zero-order valence-corrected chi connectivity index (χ0v) is 12.3. The average molecular weight is 310 g/mol. The zero-order chi connectivity index (χ0) is 15.6. The van der Waals surface area contributed by atoms with Crippen molar-refractivity contribution in [3.63, 3.8) is 0 Å². The monoisotopic (exact) mass is 310 g/mol. The molecule has 118 valence electrons. The van der Waals surface area contributed by atoms with Crippen LogP contribution in [0.5, 0.6) is 0 Å². The van der Waals surface area contributed by atoms with Gasteiger partial charge >= 0.3 is 6.18 Å². The van der Waals surface area contributed by atoms with Crippen LogP contribution in [0.4, 0.5) is 13.2 Å². The van der Waals surface area contributed by atoms with E-state index in [4.69, 9.17) is 0 Å². The van der Waals surface area contributed by atoms with Crippen LogP contribution in [0, 0.1) is 11.8 Å². The molecule has 0 bridgehead atoms. The number of piperidine rings is 1. The molecule has 4 rings (SSSR count). The number of nitrogens with zero attached hydrogens (tertiary/aromatic N) is 2. The summed E-state index contributed by atoms with van der Waals surface area (Å²) in [6.45, 7) is 2.48. The highest BCUT2D eigenvalue weighted by atomic mass is 19.4. The second-order valence-electron chi connectivity index (χ2n) is 6.78. The van der Waals surface area contributed by atoms with Crippen LogP contribution < -0.4 is 0 Å². The fourth-order valence-corrected chi connectivity index (χ4v) is 3.83. The van der Waals surface area contributed by atoms with E-state index in [1.807, 2.05) is 0 Å². The van der Waals surface area contributed by atoms with Crippen LogP contribution in [-0.2, 0) is 19.3 Å². The van der Waals surface area contributed by atoms with Crippen molar-refractivity contribution in [3.05, 3.63) is 34.4 Å². The number of hydrogen-bond donors (Lipinski definition) is 0. The molecule has 2 aliphatic heterocycles. The van der Waals surface area contributed by atoms with Gasteiger partial charge in [0.2, 0.25) is 0 Å². The van der Waals surface area contributed by atoms with Crippen molar-refractivity contribution in [2.75, 3.05) is 20.1 Å². The molecule has 0 spiro atoms. The normalized spacial score (nSPS) is 27.3. The lowest BCUT2D eigenvalue weighted by atomic mass is 9.98. The highest BCUT2D eigenvalue weighted by molar-refractivity contribution is 5.98. The van der Waals surface area contributed by atoms with Crippen molar-refractivity contribution in [3.8, 4) is 0 Å². The van der Waals surface area contributed by atoms with Crippen molar-refractivity contribution in [2.45, 2.75) is 25.7 Å². The lowest BCUT2D eigenvalue weighted by molar-refractivity contribution is -0.138. The van der Waals surface area contributed by atoms with Gasteiger partial charge in [0, 0.05) is 38.8 Å². The number of likely N-dealkylation sites (tertiary alicyclic amines) is 1. The zero-order valence-electron chi connectivity index (χ0n) is 12.3. The molecule has 1 amide bonds. The number of halogens is 3. The quantitative estimate of drug-likeness (QED) is 0.838. The Kier molecular flexibility index (Phi) is 2.86. The first-order valence-electron chi connectivity index (χ1n) is 7.53. The predicted octanol–water partition coefficient (Wildman–Crippen LogP) is 2.74. The summed E-state index contributed by atoms with van der Waals surface area (Å²) in [6.07, 6.45) is -3.16. The number of benzene rings is 1.